The molecule has 0 unspecified atom stereocenters. The Hall–Kier alpha value is -2.24. The van der Waals surface area contributed by atoms with Crippen molar-refractivity contribution in [2.75, 3.05) is 12.5 Å². The molecule has 0 saturated heterocycles. The fourth-order valence-corrected chi connectivity index (χ4v) is 5.44. The van der Waals surface area contributed by atoms with Crippen LogP contribution in [-0.4, -0.2) is 23.6 Å². The summed E-state index contributed by atoms with van der Waals surface area (Å²) in [6.45, 7) is 0.388. The number of benzene rings is 3. The van der Waals surface area contributed by atoms with E-state index in [0.717, 1.165) is 11.1 Å². The minimum absolute atomic E-state index is 0.158. The number of ether oxygens (including phenoxy) is 2. The first-order chi connectivity index (χ1) is 15.0. The van der Waals surface area contributed by atoms with Gasteiger partial charge in [-0.2, -0.15) is 0 Å². The van der Waals surface area contributed by atoms with Crippen molar-refractivity contribution in [3.8, 4) is 11.5 Å². The molecule has 1 aliphatic carbocycles. The van der Waals surface area contributed by atoms with Gasteiger partial charge < -0.3 is 20.3 Å². The first-order valence-corrected chi connectivity index (χ1v) is 11.2. The number of hydrogen-bond acceptors (Lipinski definition) is 4. The lowest BCUT2D eigenvalue weighted by Crippen LogP contribution is -2.54. The van der Waals surface area contributed by atoms with Crippen molar-refractivity contribution in [2.24, 2.45) is 5.73 Å². The zero-order valence-corrected chi connectivity index (χ0v) is 18.3. The number of nitrogens with two attached hydrogens (primary N) is 1. The lowest BCUT2D eigenvalue weighted by Gasteiger charge is -2.41. The number of alkyl halides is 1. The number of aliphatic hydroxyl groups is 1. The highest BCUT2D eigenvalue weighted by molar-refractivity contribution is 6.30. The summed E-state index contributed by atoms with van der Waals surface area (Å²) >= 11 is 11.9. The van der Waals surface area contributed by atoms with Crippen LogP contribution in [0.25, 0.3) is 0 Å². The Labute approximate surface area is 191 Å². The van der Waals surface area contributed by atoms with E-state index in [1.165, 1.54) is 0 Å². The average molecular weight is 456 g/mol. The van der Waals surface area contributed by atoms with Crippen LogP contribution < -0.4 is 15.2 Å². The van der Waals surface area contributed by atoms with Gasteiger partial charge in [-0.05, 0) is 41.8 Å². The molecule has 3 aromatic carbocycles. The molecule has 4 atom stereocenters. The highest BCUT2D eigenvalue weighted by Gasteiger charge is 2.71. The van der Waals surface area contributed by atoms with Crippen LogP contribution in [0.5, 0.6) is 11.5 Å². The summed E-state index contributed by atoms with van der Waals surface area (Å²) in [5.74, 6) is 1.44. The van der Waals surface area contributed by atoms with E-state index in [0.29, 0.717) is 41.0 Å². The Bertz CT molecular complexity index is 1090. The molecule has 1 aliphatic heterocycles. The predicted octanol–water partition coefficient (Wildman–Crippen LogP) is 4.95. The SMILES string of the molecule is N[C@@H]1C[C@@H](c2ccccc2)[C@]2(c3ccc(Cl)cc3)Oc3cc(OCCCl)ccc3[C@]12O. The van der Waals surface area contributed by atoms with E-state index in [-0.39, 0.29) is 5.92 Å². The van der Waals surface area contributed by atoms with E-state index in [2.05, 4.69) is 12.1 Å². The summed E-state index contributed by atoms with van der Waals surface area (Å²) in [4.78, 5) is 0. The van der Waals surface area contributed by atoms with E-state index in [1.807, 2.05) is 60.7 Å². The quantitative estimate of drug-likeness (QED) is 0.534. The van der Waals surface area contributed by atoms with Gasteiger partial charge in [-0.15, -0.1) is 11.6 Å². The van der Waals surface area contributed by atoms with Gasteiger partial charge in [-0.1, -0.05) is 54.1 Å². The molecule has 0 spiro atoms. The zero-order chi connectivity index (χ0) is 21.6. The van der Waals surface area contributed by atoms with Crippen LogP contribution in [-0.2, 0) is 11.2 Å². The molecule has 1 saturated carbocycles. The fourth-order valence-electron chi connectivity index (χ4n) is 5.24. The van der Waals surface area contributed by atoms with Crippen LogP contribution in [0, 0.1) is 0 Å². The van der Waals surface area contributed by atoms with Gasteiger partial charge in [-0.25, -0.2) is 0 Å². The summed E-state index contributed by atoms with van der Waals surface area (Å²) in [6.07, 6.45) is 0.576. The lowest BCUT2D eigenvalue weighted by atomic mass is 9.71. The molecule has 31 heavy (non-hydrogen) atoms. The summed E-state index contributed by atoms with van der Waals surface area (Å²) < 4.78 is 12.4. The smallest absolute Gasteiger partial charge is 0.175 e. The molecular formula is C25H23Cl2NO3. The van der Waals surface area contributed by atoms with Crippen LogP contribution in [0.3, 0.4) is 0 Å². The number of fused-ring (bicyclic) bond motifs is 3. The van der Waals surface area contributed by atoms with Crippen LogP contribution >= 0.6 is 23.2 Å². The number of hydrogen-bond donors (Lipinski definition) is 2. The van der Waals surface area contributed by atoms with E-state index in [9.17, 15) is 5.11 Å². The molecular weight excluding hydrogens is 433 g/mol. The second-order valence-electron chi connectivity index (χ2n) is 8.11. The fraction of sp³-hybridized carbons (Fsp3) is 0.280. The van der Waals surface area contributed by atoms with Crippen LogP contribution in [0.2, 0.25) is 5.02 Å². The molecule has 0 aromatic heterocycles. The highest BCUT2D eigenvalue weighted by atomic mass is 35.5. The molecule has 0 amide bonds. The van der Waals surface area contributed by atoms with E-state index in [4.69, 9.17) is 38.4 Å². The third-order valence-electron chi connectivity index (χ3n) is 6.54. The minimum Gasteiger partial charge on any atom is -0.492 e. The molecule has 4 nitrogen and oxygen atoms in total. The Morgan fingerprint density at radius 2 is 1.81 bits per heavy atom. The monoisotopic (exact) mass is 455 g/mol. The first-order valence-electron chi connectivity index (χ1n) is 10.3. The molecule has 0 radical (unpaired) electrons. The maximum Gasteiger partial charge on any atom is 0.175 e. The molecule has 3 N–H and O–H groups in total. The summed E-state index contributed by atoms with van der Waals surface area (Å²) in [5, 5.41) is 12.9. The molecule has 0 bridgehead atoms. The summed E-state index contributed by atoms with van der Waals surface area (Å²) in [7, 11) is 0. The average Bonchev–Trinajstić information content (AvgIpc) is 3.18. The highest BCUT2D eigenvalue weighted by Crippen LogP contribution is 2.66. The van der Waals surface area contributed by atoms with Gasteiger partial charge in [0.15, 0.2) is 11.2 Å². The van der Waals surface area contributed by atoms with Gasteiger partial charge in [0.1, 0.15) is 18.1 Å². The van der Waals surface area contributed by atoms with Crippen molar-refractivity contribution < 1.29 is 14.6 Å². The third-order valence-corrected chi connectivity index (χ3v) is 6.95. The van der Waals surface area contributed by atoms with Crippen molar-refractivity contribution in [2.45, 2.75) is 29.6 Å². The van der Waals surface area contributed by atoms with Gasteiger partial charge in [0, 0.05) is 28.6 Å². The van der Waals surface area contributed by atoms with Crippen molar-refractivity contribution in [1.82, 2.24) is 0 Å². The summed E-state index contributed by atoms with van der Waals surface area (Å²) in [5.41, 5.74) is 6.73. The van der Waals surface area contributed by atoms with E-state index < -0.39 is 17.2 Å². The molecule has 2 aliphatic rings. The molecule has 1 fully saturated rings. The molecule has 5 rings (SSSR count). The van der Waals surface area contributed by atoms with Crippen LogP contribution in [0.15, 0.2) is 72.8 Å². The largest absolute Gasteiger partial charge is 0.492 e. The van der Waals surface area contributed by atoms with Gasteiger partial charge in [0.2, 0.25) is 0 Å². The number of rotatable bonds is 5. The molecule has 6 heteroatoms. The predicted molar refractivity (Wildman–Crippen MR) is 122 cm³/mol. The third kappa shape index (κ3) is 2.97. The van der Waals surface area contributed by atoms with Crippen molar-refractivity contribution in [1.29, 1.82) is 0 Å². The Morgan fingerprint density at radius 3 is 2.52 bits per heavy atom. The van der Waals surface area contributed by atoms with Gasteiger partial charge in [0.05, 0.1) is 5.88 Å². The van der Waals surface area contributed by atoms with Gasteiger partial charge in [0.25, 0.3) is 0 Å². The molecule has 160 valence electrons. The zero-order valence-electron chi connectivity index (χ0n) is 16.8. The van der Waals surface area contributed by atoms with Gasteiger partial charge >= 0.3 is 0 Å². The summed E-state index contributed by atoms with van der Waals surface area (Å²) in [6, 6.07) is 22.5. The Morgan fingerprint density at radius 1 is 1.06 bits per heavy atom. The van der Waals surface area contributed by atoms with E-state index >= 15 is 0 Å². The minimum atomic E-state index is -1.41. The van der Waals surface area contributed by atoms with Crippen LogP contribution in [0.4, 0.5) is 0 Å². The normalized spacial score (nSPS) is 28.6. The first kappa shape index (κ1) is 20.7. The standard InChI is InChI=1S/C25H23Cl2NO3/c26-12-13-30-19-10-11-20-22(14-19)31-25(17-6-8-18(27)9-7-17)21(15-23(28)24(20,25)29)16-4-2-1-3-5-16/h1-11,14,21,23,29H,12-13,15,28H2/t21-,23+,24-,25-/m0/s1. The second-order valence-corrected chi connectivity index (χ2v) is 8.93. The molecule has 3 aromatic rings. The maximum atomic E-state index is 12.3. The van der Waals surface area contributed by atoms with E-state index in [1.54, 1.807) is 0 Å². The number of halogens is 2. The lowest BCUT2D eigenvalue weighted by molar-refractivity contribution is -0.112. The molecule has 1 heterocycles. The maximum absolute atomic E-state index is 12.3. The van der Waals surface area contributed by atoms with Crippen molar-refractivity contribution in [3.05, 3.63) is 94.5 Å². The topological polar surface area (TPSA) is 64.7 Å². The Kier molecular flexibility index (Phi) is 5.14. The second kappa shape index (κ2) is 7.72. The Balaban J connectivity index is 1.71. The van der Waals surface area contributed by atoms with Crippen molar-refractivity contribution in [3.63, 3.8) is 0 Å². The van der Waals surface area contributed by atoms with Crippen molar-refractivity contribution >= 4 is 23.2 Å². The van der Waals surface area contributed by atoms with Gasteiger partial charge in [-0.3, -0.25) is 0 Å². The van der Waals surface area contributed by atoms with Crippen LogP contribution in [0.1, 0.15) is 29.0 Å².